The number of rotatable bonds is 6. The molecule has 0 saturated heterocycles. The molecular formula is C23H19BrN6O4. The molecule has 0 fully saturated rings. The van der Waals surface area contributed by atoms with E-state index in [0.717, 1.165) is 35.0 Å². The van der Waals surface area contributed by atoms with Crippen molar-refractivity contribution in [3.8, 4) is 0 Å². The van der Waals surface area contributed by atoms with Crippen LogP contribution >= 0.6 is 15.9 Å². The van der Waals surface area contributed by atoms with Gasteiger partial charge in [0.2, 0.25) is 0 Å². The second kappa shape index (κ2) is 9.79. The molecule has 2 N–H and O–H groups in total. The van der Waals surface area contributed by atoms with Crippen molar-refractivity contribution in [1.29, 1.82) is 0 Å². The third-order valence-corrected chi connectivity index (χ3v) is 5.61. The number of halogens is 1. The number of nitro groups is 1. The van der Waals surface area contributed by atoms with Gasteiger partial charge in [0, 0.05) is 47.5 Å². The molecule has 10 nitrogen and oxygen atoms in total. The van der Waals surface area contributed by atoms with Crippen LogP contribution in [0.1, 0.15) is 26.3 Å². The minimum Gasteiger partial charge on any atom is -0.358 e. The minimum absolute atomic E-state index is 0.0118. The molecule has 0 spiro atoms. The highest BCUT2D eigenvalue weighted by molar-refractivity contribution is 9.10. The largest absolute Gasteiger partial charge is 0.358 e. The van der Waals surface area contributed by atoms with E-state index in [1.807, 2.05) is 11.9 Å². The van der Waals surface area contributed by atoms with Gasteiger partial charge in [0.1, 0.15) is 11.7 Å². The molecule has 34 heavy (non-hydrogen) atoms. The second-order valence-electron chi connectivity index (χ2n) is 7.46. The third-order valence-electron chi connectivity index (χ3n) is 5.14. The highest BCUT2D eigenvalue weighted by Gasteiger charge is 2.20. The second-order valence-corrected chi connectivity index (χ2v) is 8.38. The molecule has 1 aliphatic rings. The number of carbonyl (C=O) groups excluding carboxylic acids is 2. The number of nitrogens with zero attached hydrogens (tertiary/aromatic N) is 4. The fraction of sp³-hybridized carbons (Fsp3) is 0.130. The number of aliphatic imine (C=N–C) groups is 1. The maximum Gasteiger partial charge on any atom is 0.271 e. The van der Waals surface area contributed by atoms with Crippen LogP contribution in [0, 0.1) is 10.1 Å². The van der Waals surface area contributed by atoms with Gasteiger partial charge >= 0.3 is 0 Å². The Balaban J connectivity index is 1.57. The number of non-ortho nitro benzene ring substituents is 1. The van der Waals surface area contributed by atoms with Gasteiger partial charge in [0.05, 0.1) is 22.7 Å². The van der Waals surface area contributed by atoms with E-state index in [0.29, 0.717) is 11.4 Å². The van der Waals surface area contributed by atoms with Gasteiger partial charge in [-0.1, -0.05) is 12.1 Å². The number of pyridine rings is 1. The number of benzene rings is 2. The van der Waals surface area contributed by atoms with E-state index in [1.165, 1.54) is 18.3 Å². The quantitative estimate of drug-likeness (QED) is 0.372. The average molecular weight is 523 g/mol. The molecular weight excluding hydrogens is 504 g/mol. The first-order valence-electron chi connectivity index (χ1n) is 10.2. The molecule has 1 aliphatic heterocycles. The number of hydrogen-bond donors (Lipinski definition) is 2. The molecule has 0 aliphatic carbocycles. The lowest BCUT2D eigenvalue weighted by atomic mass is 10.1. The van der Waals surface area contributed by atoms with Crippen LogP contribution in [0.3, 0.4) is 0 Å². The Kier molecular flexibility index (Phi) is 6.64. The summed E-state index contributed by atoms with van der Waals surface area (Å²) in [6.07, 6.45) is 1.52. The molecule has 172 valence electrons. The zero-order valence-electron chi connectivity index (χ0n) is 18.0. The fourth-order valence-electron chi connectivity index (χ4n) is 3.39. The maximum absolute atomic E-state index is 12.9. The van der Waals surface area contributed by atoms with Crippen molar-refractivity contribution in [2.75, 3.05) is 30.8 Å². The standard InChI is InChI=1S/C23H19BrN6O4/c1-29-11-10-25-21(29)14-2-4-15(5-3-14)22(31)27-19-12-17(30(33)34)7-8-18(19)23(32)28-20-9-6-16(24)13-26-20/h2-9,12-13H,10-11H2,1H3,(H,27,31)(H,26,28,32). The van der Waals surface area contributed by atoms with Gasteiger partial charge in [-0.3, -0.25) is 24.7 Å². The van der Waals surface area contributed by atoms with E-state index in [1.54, 1.807) is 36.4 Å². The van der Waals surface area contributed by atoms with Gasteiger partial charge in [-0.2, -0.15) is 0 Å². The van der Waals surface area contributed by atoms with Gasteiger partial charge < -0.3 is 15.5 Å². The summed E-state index contributed by atoms with van der Waals surface area (Å²) < 4.78 is 0.742. The van der Waals surface area contributed by atoms with Crippen molar-refractivity contribution in [2.24, 2.45) is 4.99 Å². The molecule has 0 unspecified atom stereocenters. The lowest BCUT2D eigenvalue weighted by molar-refractivity contribution is -0.384. The Morgan fingerprint density at radius 2 is 1.82 bits per heavy atom. The molecule has 0 atom stereocenters. The summed E-state index contributed by atoms with van der Waals surface area (Å²) >= 11 is 3.27. The van der Waals surface area contributed by atoms with Crippen molar-refractivity contribution in [3.05, 3.63) is 92.1 Å². The zero-order chi connectivity index (χ0) is 24.2. The normalized spacial score (nSPS) is 12.8. The van der Waals surface area contributed by atoms with Gasteiger partial charge in [-0.25, -0.2) is 4.98 Å². The first-order chi connectivity index (χ1) is 16.3. The van der Waals surface area contributed by atoms with Crippen LogP contribution in [0.15, 0.2) is 70.3 Å². The molecule has 0 bridgehead atoms. The third kappa shape index (κ3) is 5.09. The number of nitrogens with one attached hydrogen (secondary N) is 2. The highest BCUT2D eigenvalue weighted by atomic mass is 79.9. The van der Waals surface area contributed by atoms with Crippen molar-refractivity contribution in [2.45, 2.75) is 0 Å². The topological polar surface area (TPSA) is 130 Å². The summed E-state index contributed by atoms with van der Waals surface area (Å²) in [5, 5.41) is 16.5. The zero-order valence-corrected chi connectivity index (χ0v) is 19.6. The van der Waals surface area contributed by atoms with Crippen LogP contribution in [0.5, 0.6) is 0 Å². The number of carbonyl (C=O) groups is 2. The van der Waals surface area contributed by atoms with Crippen LogP contribution in [0.2, 0.25) is 0 Å². The van der Waals surface area contributed by atoms with E-state index in [-0.39, 0.29) is 16.9 Å². The van der Waals surface area contributed by atoms with Crippen molar-refractivity contribution < 1.29 is 14.5 Å². The predicted molar refractivity (Wildman–Crippen MR) is 131 cm³/mol. The van der Waals surface area contributed by atoms with Crippen LogP contribution in [-0.2, 0) is 0 Å². The van der Waals surface area contributed by atoms with Gasteiger partial charge in [-0.15, -0.1) is 0 Å². The Morgan fingerprint density at radius 1 is 1.06 bits per heavy atom. The fourth-order valence-corrected chi connectivity index (χ4v) is 3.62. The summed E-state index contributed by atoms with van der Waals surface area (Å²) in [7, 11) is 1.95. The Hall–Kier alpha value is -4.12. The van der Waals surface area contributed by atoms with Gasteiger partial charge in [0.15, 0.2) is 0 Å². The van der Waals surface area contributed by atoms with E-state index >= 15 is 0 Å². The van der Waals surface area contributed by atoms with E-state index < -0.39 is 16.7 Å². The highest BCUT2D eigenvalue weighted by Crippen LogP contribution is 2.25. The summed E-state index contributed by atoms with van der Waals surface area (Å²) in [6.45, 7) is 1.56. The average Bonchev–Trinajstić information content (AvgIpc) is 3.26. The van der Waals surface area contributed by atoms with E-state index in [4.69, 9.17) is 0 Å². The summed E-state index contributed by atoms with van der Waals surface area (Å²) in [5.41, 5.74) is 1.03. The molecule has 3 aromatic rings. The summed E-state index contributed by atoms with van der Waals surface area (Å²) in [6, 6.07) is 13.8. The molecule has 2 aromatic carbocycles. The first kappa shape index (κ1) is 23.1. The number of nitro benzene ring substituents is 1. The molecule has 11 heteroatoms. The molecule has 0 radical (unpaired) electrons. The molecule has 0 saturated carbocycles. The Morgan fingerprint density at radius 3 is 2.44 bits per heavy atom. The van der Waals surface area contributed by atoms with Gasteiger partial charge in [0.25, 0.3) is 17.5 Å². The maximum atomic E-state index is 12.9. The molecule has 2 amide bonds. The monoisotopic (exact) mass is 522 g/mol. The van der Waals surface area contributed by atoms with Crippen LogP contribution in [0.4, 0.5) is 17.2 Å². The summed E-state index contributed by atoms with van der Waals surface area (Å²) in [5.74, 6) is 0.0626. The Labute approximate surface area is 203 Å². The number of amidine groups is 1. The van der Waals surface area contributed by atoms with Crippen molar-refractivity contribution in [1.82, 2.24) is 9.88 Å². The number of hydrogen-bond acceptors (Lipinski definition) is 7. The number of amides is 2. The van der Waals surface area contributed by atoms with E-state index in [9.17, 15) is 19.7 Å². The lowest BCUT2D eigenvalue weighted by Crippen LogP contribution is -2.23. The predicted octanol–water partition coefficient (Wildman–Crippen LogP) is 3.95. The number of anilines is 2. The Bertz CT molecular complexity index is 1290. The van der Waals surface area contributed by atoms with Crippen LogP contribution < -0.4 is 10.6 Å². The minimum atomic E-state index is -0.596. The lowest BCUT2D eigenvalue weighted by Gasteiger charge is -2.14. The SMILES string of the molecule is CN1CCN=C1c1ccc(C(=O)Nc2cc([N+](=O)[O-])ccc2C(=O)Nc2ccc(Br)cn2)cc1. The molecule has 1 aromatic heterocycles. The summed E-state index contributed by atoms with van der Waals surface area (Å²) in [4.78, 5) is 47.0. The number of aromatic nitrogens is 1. The van der Waals surface area contributed by atoms with Crippen LogP contribution in [-0.4, -0.2) is 52.6 Å². The van der Waals surface area contributed by atoms with Gasteiger partial charge in [-0.05, 0) is 46.3 Å². The smallest absolute Gasteiger partial charge is 0.271 e. The molecule has 4 rings (SSSR count). The van der Waals surface area contributed by atoms with E-state index in [2.05, 4.69) is 36.5 Å². The van der Waals surface area contributed by atoms with Crippen molar-refractivity contribution >= 4 is 50.8 Å². The number of likely N-dealkylation sites (N-methyl/N-ethyl adjacent to an activating group) is 1. The molecule has 2 heterocycles. The van der Waals surface area contributed by atoms with Crippen LogP contribution in [0.25, 0.3) is 0 Å². The van der Waals surface area contributed by atoms with Crippen molar-refractivity contribution in [3.63, 3.8) is 0 Å². The first-order valence-corrected chi connectivity index (χ1v) is 11.0.